The summed E-state index contributed by atoms with van der Waals surface area (Å²) in [6.45, 7) is 6.49. The maximum atomic E-state index is 8.86. The molecule has 0 aliphatic heterocycles. The van der Waals surface area contributed by atoms with Gasteiger partial charge in [-0.25, -0.2) is 4.98 Å². The molecule has 1 rings (SSSR count). The maximum absolute atomic E-state index is 8.86. The summed E-state index contributed by atoms with van der Waals surface area (Å²) in [6.07, 6.45) is 1.69. The van der Waals surface area contributed by atoms with Gasteiger partial charge in [-0.05, 0) is 19.1 Å². The van der Waals surface area contributed by atoms with Crippen LogP contribution in [0, 0.1) is 11.3 Å². The van der Waals surface area contributed by atoms with Crippen LogP contribution in [0.2, 0.25) is 0 Å². The predicted octanol–water partition coefficient (Wildman–Crippen LogP) is 1.97. The monoisotopic (exact) mass is 187 g/mol. The van der Waals surface area contributed by atoms with E-state index in [2.05, 4.69) is 17.6 Å². The summed E-state index contributed by atoms with van der Waals surface area (Å²) in [7, 11) is 1.90. The molecule has 72 valence electrons. The highest BCUT2D eigenvalue weighted by Crippen LogP contribution is 2.14. The lowest BCUT2D eigenvalue weighted by Gasteiger charge is -2.18. The fraction of sp³-hybridized carbons (Fsp3) is 0.273. The van der Waals surface area contributed by atoms with Gasteiger partial charge in [0.2, 0.25) is 0 Å². The molecule has 0 amide bonds. The van der Waals surface area contributed by atoms with Gasteiger partial charge in [0.25, 0.3) is 0 Å². The molecule has 0 aliphatic carbocycles. The van der Waals surface area contributed by atoms with E-state index in [0.29, 0.717) is 17.9 Å². The van der Waals surface area contributed by atoms with E-state index in [-0.39, 0.29) is 0 Å². The number of nitrogens with zero attached hydrogens (tertiary/aromatic N) is 3. The second-order valence-corrected chi connectivity index (χ2v) is 3.30. The molecule has 0 fully saturated rings. The highest BCUT2D eigenvalue weighted by Gasteiger charge is 2.07. The van der Waals surface area contributed by atoms with Crippen molar-refractivity contribution in [3.8, 4) is 6.07 Å². The van der Waals surface area contributed by atoms with E-state index in [1.807, 2.05) is 18.9 Å². The molecule has 0 saturated carbocycles. The van der Waals surface area contributed by atoms with Crippen molar-refractivity contribution in [2.75, 3.05) is 18.5 Å². The number of pyridine rings is 1. The molecule has 0 spiro atoms. The number of rotatable bonds is 3. The molecule has 3 nitrogen and oxygen atoms in total. The van der Waals surface area contributed by atoms with Crippen molar-refractivity contribution in [2.45, 2.75) is 6.92 Å². The molecule has 0 aromatic carbocycles. The van der Waals surface area contributed by atoms with Crippen molar-refractivity contribution < 1.29 is 0 Å². The van der Waals surface area contributed by atoms with Crippen LogP contribution < -0.4 is 4.90 Å². The van der Waals surface area contributed by atoms with Crippen LogP contribution in [-0.2, 0) is 0 Å². The van der Waals surface area contributed by atoms with Gasteiger partial charge in [-0.2, -0.15) is 5.26 Å². The van der Waals surface area contributed by atoms with Crippen LogP contribution in [0.3, 0.4) is 0 Å². The molecule has 3 heteroatoms. The molecule has 0 N–H and O–H groups in total. The van der Waals surface area contributed by atoms with Crippen LogP contribution in [-0.4, -0.2) is 18.6 Å². The van der Waals surface area contributed by atoms with Gasteiger partial charge in [0.15, 0.2) is 0 Å². The first-order chi connectivity index (χ1) is 6.65. The van der Waals surface area contributed by atoms with Gasteiger partial charge in [-0.1, -0.05) is 12.2 Å². The van der Waals surface area contributed by atoms with Gasteiger partial charge in [0, 0.05) is 19.8 Å². The molecule has 0 atom stereocenters. The topological polar surface area (TPSA) is 39.9 Å². The highest BCUT2D eigenvalue weighted by atomic mass is 15.2. The lowest BCUT2D eigenvalue weighted by Crippen LogP contribution is -2.21. The number of hydrogen-bond donors (Lipinski definition) is 0. The lowest BCUT2D eigenvalue weighted by atomic mass is 10.2. The van der Waals surface area contributed by atoms with E-state index in [4.69, 9.17) is 5.26 Å². The van der Waals surface area contributed by atoms with Crippen molar-refractivity contribution in [1.82, 2.24) is 4.98 Å². The standard InChI is InChI=1S/C11H13N3/c1-9(2)8-14(3)11-10(7-12)5-4-6-13-11/h4-6H,1,8H2,2-3H3. The third kappa shape index (κ3) is 2.33. The van der Waals surface area contributed by atoms with E-state index in [0.717, 1.165) is 5.57 Å². The summed E-state index contributed by atoms with van der Waals surface area (Å²) >= 11 is 0. The molecule has 1 heterocycles. The Bertz CT molecular complexity index is 376. The molecule has 1 aromatic heterocycles. The van der Waals surface area contributed by atoms with Crippen LogP contribution >= 0.6 is 0 Å². The third-order valence-corrected chi connectivity index (χ3v) is 1.78. The van der Waals surface area contributed by atoms with Crippen LogP contribution in [0.1, 0.15) is 12.5 Å². The number of anilines is 1. The van der Waals surface area contributed by atoms with E-state index >= 15 is 0 Å². The second-order valence-electron chi connectivity index (χ2n) is 3.30. The highest BCUT2D eigenvalue weighted by molar-refractivity contribution is 5.53. The Balaban J connectivity index is 2.95. The van der Waals surface area contributed by atoms with E-state index in [1.165, 1.54) is 0 Å². The first-order valence-electron chi connectivity index (χ1n) is 4.35. The van der Waals surface area contributed by atoms with Crippen LogP contribution in [0.4, 0.5) is 5.82 Å². The summed E-state index contributed by atoms with van der Waals surface area (Å²) < 4.78 is 0. The van der Waals surface area contributed by atoms with Gasteiger partial charge in [0.1, 0.15) is 11.9 Å². The number of aromatic nitrogens is 1. The fourth-order valence-electron chi connectivity index (χ4n) is 1.27. The van der Waals surface area contributed by atoms with Crippen molar-refractivity contribution in [3.63, 3.8) is 0 Å². The number of nitriles is 1. The zero-order valence-electron chi connectivity index (χ0n) is 8.49. The first-order valence-corrected chi connectivity index (χ1v) is 4.35. The Morgan fingerprint density at radius 1 is 1.71 bits per heavy atom. The Kier molecular flexibility index (Phi) is 3.24. The zero-order chi connectivity index (χ0) is 10.6. The third-order valence-electron chi connectivity index (χ3n) is 1.78. The number of likely N-dealkylation sites (N-methyl/N-ethyl adjacent to an activating group) is 1. The molecule has 14 heavy (non-hydrogen) atoms. The average molecular weight is 187 g/mol. The van der Waals surface area contributed by atoms with E-state index < -0.39 is 0 Å². The molecular weight excluding hydrogens is 174 g/mol. The Labute approximate surface area is 84.3 Å². The molecule has 0 radical (unpaired) electrons. The van der Waals surface area contributed by atoms with Gasteiger partial charge in [0.05, 0.1) is 5.56 Å². The minimum Gasteiger partial charge on any atom is -0.355 e. The normalized spacial score (nSPS) is 9.21. The van der Waals surface area contributed by atoms with Crippen molar-refractivity contribution in [1.29, 1.82) is 5.26 Å². The second kappa shape index (κ2) is 4.43. The van der Waals surface area contributed by atoms with Gasteiger partial charge >= 0.3 is 0 Å². The van der Waals surface area contributed by atoms with Crippen LogP contribution in [0.15, 0.2) is 30.5 Å². The van der Waals surface area contributed by atoms with Crippen molar-refractivity contribution >= 4 is 5.82 Å². The largest absolute Gasteiger partial charge is 0.355 e. The van der Waals surface area contributed by atoms with Gasteiger partial charge in [-0.15, -0.1) is 0 Å². The summed E-state index contributed by atoms with van der Waals surface area (Å²) in [5, 5.41) is 8.86. The first kappa shape index (κ1) is 10.3. The Morgan fingerprint density at radius 3 is 3.00 bits per heavy atom. The lowest BCUT2D eigenvalue weighted by molar-refractivity contribution is 0.950. The van der Waals surface area contributed by atoms with Gasteiger partial charge in [-0.3, -0.25) is 0 Å². The Hall–Kier alpha value is -1.82. The summed E-state index contributed by atoms with van der Waals surface area (Å²) in [5.41, 5.74) is 1.64. The smallest absolute Gasteiger partial charge is 0.146 e. The minimum atomic E-state index is 0.594. The predicted molar refractivity (Wildman–Crippen MR) is 57.0 cm³/mol. The average Bonchev–Trinajstić information content (AvgIpc) is 2.16. The molecular formula is C11H13N3. The van der Waals surface area contributed by atoms with E-state index in [9.17, 15) is 0 Å². The molecule has 0 saturated heterocycles. The molecule has 0 bridgehead atoms. The summed E-state index contributed by atoms with van der Waals surface area (Å²) in [4.78, 5) is 6.08. The van der Waals surface area contributed by atoms with Crippen molar-refractivity contribution in [3.05, 3.63) is 36.0 Å². The summed E-state index contributed by atoms with van der Waals surface area (Å²) in [6, 6.07) is 5.64. The van der Waals surface area contributed by atoms with Crippen molar-refractivity contribution in [2.24, 2.45) is 0 Å². The summed E-state index contributed by atoms with van der Waals surface area (Å²) in [5.74, 6) is 0.706. The minimum absolute atomic E-state index is 0.594. The van der Waals surface area contributed by atoms with Crippen LogP contribution in [0.25, 0.3) is 0 Å². The number of hydrogen-bond acceptors (Lipinski definition) is 3. The Morgan fingerprint density at radius 2 is 2.43 bits per heavy atom. The molecule has 0 unspecified atom stereocenters. The zero-order valence-corrected chi connectivity index (χ0v) is 8.49. The fourth-order valence-corrected chi connectivity index (χ4v) is 1.27. The van der Waals surface area contributed by atoms with E-state index in [1.54, 1.807) is 18.3 Å². The van der Waals surface area contributed by atoms with Crippen LogP contribution in [0.5, 0.6) is 0 Å². The molecule has 0 aliphatic rings. The molecule has 1 aromatic rings. The maximum Gasteiger partial charge on any atom is 0.146 e. The SMILES string of the molecule is C=C(C)CN(C)c1ncccc1C#N. The van der Waals surface area contributed by atoms with Gasteiger partial charge < -0.3 is 4.90 Å². The quantitative estimate of drug-likeness (QED) is 0.679.